The Kier molecular flexibility index (Phi) is 49.9. The van der Waals surface area contributed by atoms with Crippen LogP contribution in [0.1, 0.15) is 258 Å². The molecule has 0 bridgehead atoms. The van der Waals surface area contributed by atoms with Gasteiger partial charge in [0.2, 0.25) is 0 Å². The van der Waals surface area contributed by atoms with Gasteiger partial charge in [0.05, 0.1) is 0 Å². The van der Waals surface area contributed by atoms with Crippen molar-refractivity contribution in [2.24, 2.45) is 0 Å². The molecule has 0 radical (unpaired) electrons. The third-order valence-electron chi connectivity index (χ3n) is 11.4. The molecule has 0 rings (SSSR count). The fourth-order valence-corrected chi connectivity index (χ4v) is 7.36. The maximum absolute atomic E-state index is 12.8. The highest BCUT2D eigenvalue weighted by Crippen LogP contribution is 2.14. The molecule has 0 aromatic heterocycles. The maximum atomic E-state index is 12.8. The molecule has 6 nitrogen and oxygen atoms in total. The van der Waals surface area contributed by atoms with Gasteiger partial charge < -0.3 is 14.2 Å². The van der Waals surface area contributed by atoms with Crippen molar-refractivity contribution in [1.82, 2.24) is 0 Å². The first-order chi connectivity index (χ1) is 31.5. The topological polar surface area (TPSA) is 78.9 Å². The Balaban J connectivity index is 4.43. The van der Waals surface area contributed by atoms with Crippen LogP contribution in [0.2, 0.25) is 0 Å². The lowest BCUT2D eigenvalue weighted by Gasteiger charge is -2.18. The van der Waals surface area contributed by atoms with Crippen LogP contribution in [-0.4, -0.2) is 37.2 Å². The molecule has 368 valence electrons. The highest BCUT2D eigenvalue weighted by molar-refractivity contribution is 5.71. The molecule has 0 heterocycles. The lowest BCUT2D eigenvalue weighted by atomic mass is 10.1. The lowest BCUT2D eigenvalue weighted by molar-refractivity contribution is -0.167. The smallest absolute Gasteiger partial charge is 0.306 e. The van der Waals surface area contributed by atoms with Gasteiger partial charge in [0.25, 0.3) is 0 Å². The van der Waals surface area contributed by atoms with E-state index in [1.165, 1.54) is 103 Å². The zero-order chi connectivity index (χ0) is 46.5. The van der Waals surface area contributed by atoms with Gasteiger partial charge in [-0.05, 0) is 109 Å². The molecule has 0 amide bonds. The summed E-state index contributed by atoms with van der Waals surface area (Å²) in [5, 5.41) is 0. The summed E-state index contributed by atoms with van der Waals surface area (Å²) in [5.41, 5.74) is 0. The maximum Gasteiger partial charge on any atom is 0.306 e. The van der Waals surface area contributed by atoms with Crippen molar-refractivity contribution in [2.45, 2.75) is 264 Å². The van der Waals surface area contributed by atoms with Gasteiger partial charge >= 0.3 is 17.9 Å². The van der Waals surface area contributed by atoms with Crippen LogP contribution in [0.5, 0.6) is 0 Å². The lowest BCUT2D eigenvalue weighted by Crippen LogP contribution is -2.30. The second-order valence-corrected chi connectivity index (χ2v) is 17.7. The first-order valence-electron chi connectivity index (χ1n) is 26.9. The van der Waals surface area contributed by atoms with Gasteiger partial charge in [-0.15, -0.1) is 0 Å². The van der Waals surface area contributed by atoms with Crippen LogP contribution >= 0.6 is 0 Å². The number of carbonyl (C=O) groups excluding carboxylic acids is 3. The van der Waals surface area contributed by atoms with E-state index in [0.717, 1.165) is 116 Å². The average molecular weight is 893 g/mol. The van der Waals surface area contributed by atoms with E-state index in [0.29, 0.717) is 19.3 Å². The molecule has 64 heavy (non-hydrogen) atoms. The molecule has 1 atom stereocenters. The number of hydrogen-bond donors (Lipinski definition) is 0. The minimum Gasteiger partial charge on any atom is -0.462 e. The van der Waals surface area contributed by atoms with Crippen molar-refractivity contribution in [1.29, 1.82) is 0 Å². The van der Waals surface area contributed by atoms with E-state index in [1.54, 1.807) is 0 Å². The first kappa shape index (κ1) is 60.9. The van der Waals surface area contributed by atoms with Crippen molar-refractivity contribution in [2.75, 3.05) is 13.2 Å². The number of allylic oxidation sites excluding steroid dienone is 12. The summed E-state index contributed by atoms with van der Waals surface area (Å²) < 4.78 is 16.8. The highest BCUT2D eigenvalue weighted by Gasteiger charge is 2.19. The predicted octanol–water partition coefficient (Wildman–Crippen LogP) is 17.8. The number of esters is 3. The average Bonchev–Trinajstić information content (AvgIpc) is 3.29. The molecule has 0 aromatic carbocycles. The predicted molar refractivity (Wildman–Crippen MR) is 274 cm³/mol. The third-order valence-corrected chi connectivity index (χ3v) is 11.4. The fraction of sp³-hybridized carbons (Fsp3) is 0.741. The van der Waals surface area contributed by atoms with Gasteiger partial charge in [-0.2, -0.15) is 0 Å². The Labute approximate surface area is 395 Å². The van der Waals surface area contributed by atoms with Crippen LogP contribution in [0.4, 0.5) is 0 Å². The summed E-state index contributed by atoms with van der Waals surface area (Å²) >= 11 is 0. The molecule has 0 spiro atoms. The Morgan fingerprint density at radius 1 is 0.328 bits per heavy atom. The fourth-order valence-electron chi connectivity index (χ4n) is 7.36. The zero-order valence-electron chi connectivity index (χ0n) is 42.0. The van der Waals surface area contributed by atoms with Crippen LogP contribution in [0.25, 0.3) is 0 Å². The summed E-state index contributed by atoms with van der Waals surface area (Å²) in [6.07, 6.45) is 65.9. The van der Waals surface area contributed by atoms with E-state index in [-0.39, 0.29) is 31.1 Å². The summed E-state index contributed by atoms with van der Waals surface area (Å²) in [7, 11) is 0. The van der Waals surface area contributed by atoms with E-state index in [4.69, 9.17) is 14.2 Å². The van der Waals surface area contributed by atoms with Crippen LogP contribution in [0.3, 0.4) is 0 Å². The molecule has 0 aliphatic rings. The Hall–Kier alpha value is -3.15. The van der Waals surface area contributed by atoms with E-state index in [1.807, 2.05) is 0 Å². The van der Waals surface area contributed by atoms with E-state index in [9.17, 15) is 14.4 Å². The molecular formula is C58H100O6. The van der Waals surface area contributed by atoms with Crippen LogP contribution in [0.15, 0.2) is 72.9 Å². The van der Waals surface area contributed by atoms with Crippen LogP contribution in [0, 0.1) is 0 Å². The van der Waals surface area contributed by atoms with E-state index >= 15 is 0 Å². The minimum absolute atomic E-state index is 0.0892. The molecular weight excluding hydrogens is 793 g/mol. The molecule has 0 unspecified atom stereocenters. The van der Waals surface area contributed by atoms with Crippen molar-refractivity contribution in [3.05, 3.63) is 72.9 Å². The summed E-state index contributed by atoms with van der Waals surface area (Å²) in [6.45, 7) is 6.47. The van der Waals surface area contributed by atoms with Gasteiger partial charge in [-0.25, -0.2) is 0 Å². The Morgan fingerprint density at radius 2 is 0.609 bits per heavy atom. The number of hydrogen-bond acceptors (Lipinski definition) is 6. The monoisotopic (exact) mass is 893 g/mol. The van der Waals surface area contributed by atoms with Gasteiger partial charge in [0.15, 0.2) is 6.10 Å². The normalized spacial score (nSPS) is 12.6. The van der Waals surface area contributed by atoms with Crippen molar-refractivity contribution >= 4 is 17.9 Å². The van der Waals surface area contributed by atoms with E-state index < -0.39 is 6.10 Å². The van der Waals surface area contributed by atoms with E-state index in [2.05, 4.69) is 93.7 Å². The number of ether oxygens (including phenoxy) is 3. The molecule has 6 heteroatoms. The molecule has 0 fully saturated rings. The molecule has 0 N–H and O–H groups in total. The summed E-state index contributed by atoms with van der Waals surface area (Å²) in [5.74, 6) is -0.918. The molecule has 0 aromatic rings. The largest absolute Gasteiger partial charge is 0.462 e. The second kappa shape index (κ2) is 52.5. The Bertz CT molecular complexity index is 1210. The minimum atomic E-state index is -0.791. The van der Waals surface area contributed by atoms with Gasteiger partial charge in [-0.3, -0.25) is 14.4 Å². The molecule has 0 saturated heterocycles. The number of carbonyl (C=O) groups is 3. The first-order valence-corrected chi connectivity index (χ1v) is 26.9. The number of unbranched alkanes of at least 4 members (excludes halogenated alkanes) is 25. The van der Waals surface area contributed by atoms with Gasteiger partial charge in [0.1, 0.15) is 13.2 Å². The summed E-state index contributed by atoms with van der Waals surface area (Å²) in [6, 6.07) is 0. The van der Waals surface area contributed by atoms with Crippen molar-refractivity contribution in [3.63, 3.8) is 0 Å². The van der Waals surface area contributed by atoms with Crippen LogP contribution < -0.4 is 0 Å². The van der Waals surface area contributed by atoms with Crippen molar-refractivity contribution in [3.8, 4) is 0 Å². The van der Waals surface area contributed by atoms with Gasteiger partial charge in [0, 0.05) is 19.3 Å². The highest BCUT2D eigenvalue weighted by atomic mass is 16.6. The quantitative estimate of drug-likeness (QED) is 0.0262. The van der Waals surface area contributed by atoms with Crippen LogP contribution in [-0.2, 0) is 28.6 Å². The third kappa shape index (κ3) is 49.9. The molecule has 0 aliphatic carbocycles. The SMILES string of the molecule is CC/C=C/C/C=C/C/C=C/CCCCCCCC(=O)O[C@H](COC(=O)CCCCCCC/C=C/CCCCCCC)COC(=O)CCCCCCCCC/C=C/C/C=C/CCCCC. The molecule has 0 aliphatic heterocycles. The zero-order valence-corrected chi connectivity index (χ0v) is 42.0. The standard InChI is InChI=1S/C58H100O6/c1-4-7-10-13-16-19-22-25-28-29-31-33-36-39-42-45-48-51-57(60)63-54-55(53-62-56(59)50-47-44-41-38-35-32-27-24-21-18-15-12-9-6-3)64-58(61)52-49-46-43-40-37-34-30-26-23-20-17-14-11-8-5-2/h8,11,16-17,19-20,24-28,30,55H,4-7,9-10,12-15,18,21-23,29,31-54H2,1-3H3/b11-8+,19-16+,20-17+,27-24+,28-25+,30-26+/t55-/m1/s1. The second-order valence-electron chi connectivity index (χ2n) is 17.7. The van der Waals surface area contributed by atoms with Crippen molar-refractivity contribution < 1.29 is 28.6 Å². The van der Waals surface area contributed by atoms with Gasteiger partial charge in [-0.1, -0.05) is 203 Å². The summed E-state index contributed by atoms with van der Waals surface area (Å²) in [4.78, 5) is 38.0. The molecule has 0 saturated carbocycles. The Morgan fingerprint density at radius 3 is 1.00 bits per heavy atom. The number of rotatable bonds is 48.